The van der Waals surface area contributed by atoms with Crippen LogP contribution in [0.15, 0.2) is 46.1 Å². The van der Waals surface area contributed by atoms with Crippen molar-refractivity contribution in [3.63, 3.8) is 0 Å². The van der Waals surface area contributed by atoms with Crippen molar-refractivity contribution in [3.05, 3.63) is 58.9 Å². The lowest BCUT2D eigenvalue weighted by Crippen LogP contribution is -2.32. The Morgan fingerprint density at radius 3 is 2.85 bits per heavy atom. The van der Waals surface area contributed by atoms with Crippen LogP contribution in [0.25, 0.3) is 11.0 Å². The van der Waals surface area contributed by atoms with E-state index >= 15 is 0 Å². The number of hydrogen-bond donors (Lipinski definition) is 2. The maximum atomic E-state index is 12.0. The Morgan fingerprint density at radius 2 is 2.08 bits per heavy atom. The summed E-state index contributed by atoms with van der Waals surface area (Å²) in [5, 5.41) is 12.4. The highest BCUT2D eigenvalue weighted by atomic mass is 32.2. The van der Waals surface area contributed by atoms with Gasteiger partial charge in [0.2, 0.25) is 0 Å². The molecule has 40 heavy (non-hydrogen) atoms. The second-order valence-corrected chi connectivity index (χ2v) is 11.5. The van der Waals surface area contributed by atoms with E-state index in [1.165, 1.54) is 17.5 Å². The van der Waals surface area contributed by atoms with E-state index in [0.717, 1.165) is 57.7 Å². The smallest absolute Gasteiger partial charge is 0.407 e. The number of nitrogens with one attached hydrogen (secondary N) is 2. The van der Waals surface area contributed by atoms with Crippen LogP contribution in [-0.4, -0.2) is 40.3 Å². The van der Waals surface area contributed by atoms with Crippen LogP contribution in [0.3, 0.4) is 0 Å². The molecule has 0 fully saturated rings. The summed E-state index contributed by atoms with van der Waals surface area (Å²) in [5.74, 6) is 2.22. The van der Waals surface area contributed by atoms with Crippen molar-refractivity contribution in [3.8, 4) is 11.5 Å². The molecule has 10 nitrogen and oxygen atoms in total. The third kappa shape index (κ3) is 6.30. The average Bonchev–Trinajstić information content (AvgIpc) is 3.56. The molecule has 1 aliphatic rings. The fourth-order valence-corrected chi connectivity index (χ4v) is 5.32. The van der Waals surface area contributed by atoms with Gasteiger partial charge in [0.05, 0.1) is 31.4 Å². The van der Waals surface area contributed by atoms with E-state index in [4.69, 9.17) is 18.7 Å². The van der Waals surface area contributed by atoms with Crippen LogP contribution in [0.5, 0.6) is 11.5 Å². The normalized spacial score (nSPS) is 13.0. The molecule has 5 rings (SSSR count). The van der Waals surface area contributed by atoms with Crippen LogP contribution in [-0.2, 0) is 30.7 Å². The summed E-state index contributed by atoms with van der Waals surface area (Å²) in [6, 6.07) is 8.21. The Bertz CT molecular complexity index is 1510. The van der Waals surface area contributed by atoms with Gasteiger partial charge >= 0.3 is 6.09 Å². The van der Waals surface area contributed by atoms with Crippen molar-refractivity contribution < 1.29 is 23.5 Å². The molecule has 1 amide bonds. The zero-order valence-electron chi connectivity index (χ0n) is 23.5. The fourth-order valence-electron chi connectivity index (χ4n) is 4.60. The maximum Gasteiger partial charge on any atom is 0.407 e. The van der Waals surface area contributed by atoms with E-state index in [1.54, 1.807) is 13.3 Å². The highest BCUT2D eigenvalue weighted by molar-refractivity contribution is 8.00. The lowest BCUT2D eigenvalue weighted by molar-refractivity contribution is 0.0523. The van der Waals surface area contributed by atoms with Crippen LogP contribution in [0, 0.1) is 0 Å². The highest BCUT2D eigenvalue weighted by Crippen LogP contribution is 2.42. The van der Waals surface area contributed by atoms with Gasteiger partial charge < -0.3 is 28.8 Å². The molecule has 0 unspecified atom stereocenters. The quantitative estimate of drug-likeness (QED) is 0.232. The van der Waals surface area contributed by atoms with Crippen molar-refractivity contribution in [2.45, 2.75) is 70.5 Å². The number of amides is 1. The van der Waals surface area contributed by atoms with Crippen LogP contribution < -0.4 is 19.5 Å². The molecule has 0 spiro atoms. The van der Waals surface area contributed by atoms with Gasteiger partial charge in [-0.2, -0.15) is 5.10 Å². The van der Waals surface area contributed by atoms with Crippen LogP contribution >= 0.6 is 11.9 Å². The third-order valence-corrected chi connectivity index (χ3v) is 7.33. The van der Waals surface area contributed by atoms with E-state index in [-0.39, 0.29) is 0 Å². The molecular formula is C29H35N5O5S. The lowest BCUT2D eigenvalue weighted by Gasteiger charge is -2.21. The Hall–Kier alpha value is -3.86. The van der Waals surface area contributed by atoms with Crippen LogP contribution in [0.4, 0.5) is 10.6 Å². The molecule has 0 radical (unpaired) electrons. The first-order valence-corrected chi connectivity index (χ1v) is 14.2. The van der Waals surface area contributed by atoms with E-state index in [1.807, 2.05) is 43.8 Å². The van der Waals surface area contributed by atoms with E-state index in [0.29, 0.717) is 31.1 Å². The number of fused-ring (bicyclic) bond motifs is 3. The standard InChI is InChI=1S/C29H35N5O5S/c1-6-18-9-10-24(22(12-18)36-5)40-33-27-25-23(39-32-27)13-20(21-8-7-11-37-26(21)25)17-34-16-19(15-31-34)14-30-28(35)38-29(2,3)4/h9-10,12-13,15-16H,6-8,11,14,17H2,1-5H3,(H,30,35)(H,32,33). The predicted molar refractivity (Wildman–Crippen MR) is 154 cm³/mol. The van der Waals surface area contributed by atoms with Gasteiger partial charge in [0, 0.05) is 23.9 Å². The molecule has 0 bridgehead atoms. The summed E-state index contributed by atoms with van der Waals surface area (Å²) in [6.45, 7) is 9.12. The number of hydrogen-bond acceptors (Lipinski definition) is 9. The average molecular weight is 566 g/mol. The molecule has 2 aromatic carbocycles. The fraction of sp³-hybridized carbons (Fsp3) is 0.414. The minimum atomic E-state index is -0.546. The number of aryl methyl sites for hydroxylation is 1. The number of ether oxygens (including phenoxy) is 3. The van der Waals surface area contributed by atoms with E-state index < -0.39 is 11.7 Å². The van der Waals surface area contributed by atoms with Gasteiger partial charge in [0.15, 0.2) is 11.4 Å². The van der Waals surface area contributed by atoms with Crippen LogP contribution in [0.2, 0.25) is 0 Å². The lowest BCUT2D eigenvalue weighted by atomic mass is 9.97. The van der Waals surface area contributed by atoms with Gasteiger partial charge in [-0.3, -0.25) is 4.68 Å². The molecule has 0 aliphatic carbocycles. The summed E-state index contributed by atoms with van der Waals surface area (Å²) < 4.78 is 28.0. The van der Waals surface area contributed by atoms with Crippen molar-refractivity contribution in [2.24, 2.45) is 0 Å². The Balaban J connectivity index is 1.34. The Kier molecular flexibility index (Phi) is 8.11. The molecule has 3 heterocycles. The number of benzene rings is 2. The van der Waals surface area contributed by atoms with Crippen molar-refractivity contribution >= 4 is 34.8 Å². The van der Waals surface area contributed by atoms with E-state index in [2.05, 4.69) is 39.4 Å². The first-order valence-electron chi connectivity index (χ1n) is 13.4. The summed E-state index contributed by atoms with van der Waals surface area (Å²) in [6.07, 6.45) is 5.96. The molecule has 212 valence electrons. The molecule has 2 aromatic heterocycles. The SMILES string of the molecule is CCc1ccc(SNc2noc3cc(Cn4cc(CNC(=O)OC(C)(C)C)cn4)c4c(c23)OCCC4)c(OC)c1. The highest BCUT2D eigenvalue weighted by Gasteiger charge is 2.25. The summed E-state index contributed by atoms with van der Waals surface area (Å²) >= 11 is 1.43. The van der Waals surface area contributed by atoms with Gasteiger partial charge in [-0.25, -0.2) is 4.79 Å². The van der Waals surface area contributed by atoms with Crippen LogP contribution in [0.1, 0.15) is 56.4 Å². The largest absolute Gasteiger partial charge is 0.496 e. The first kappa shape index (κ1) is 27.7. The molecular weight excluding hydrogens is 530 g/mol. The summed E-state index contributed by atoms with van der Waals surface area (Å²) in [5.41, 5.74) is 4.38. The number of alkyl carbamates (subject to hydrolysis) is 1. The first-order chi connectivity index (χ1) is 19.2. The van der Waals surface area contributed by atoms with Crippen molar-refractivity contribution in [2.75, 3.05) is 18.4 Å². The predicted octanol–water partition coefficient (Wildman–Crippen LogP) is 6.11. The van der Waals surface area contributed by atoms with Gasteiger partial charge in [-0.05, 0) is 81.3 Å². The second-order valence-electron chi connectivity index (χ2n) is 10.6. The molecule has 4 aromatic rings. The molecule has 0 saturated heterocycles. The number of aromatic nitrogens is 3. The number of rotatable bonds is 9. The minimum absolute atomic E-state index is 0.329. The number of nitrogens with zero attached hydrogens (tertiary/aromatic N) is 3. The number of carbonyl (C=O) groups excluding carboxylic acids is 1. The summed E-state index contributed by atoms with van der Waals surface area (Å²) in [4.78, 5) is 13.0. The number of anilines is 1. The van der Waals surface area contributed by atoms with Crippen molar-refractivity contribution in [1.82, 2.24) is 20.3 Å². The summed E-state index contributed by atoms with van der Waals surface area (Å²) in [7, 11) is 1.68. The molecule has 2 N–H and O–H groups in total. The van der Waals surface area contributed by atoms with Gasteiger partial charge in [0.25, 0.3) is 0 Å². The molecule has 11 heteroatoms. The zero-order valence-corrected chi connectivity index (χ0v) is 24.3. The third-order valence-electron chi connectivity index (χ3n) is 6.48. The zero-order chi connectivity index (χ0) is 28.3. The Morgan fingerprint density at radius 1 is 1.23 bits per heavy atom. The number of carbonyl (C=O) groups is 1. The molecule has 0 saturated carbocycles. The maximum absolute atomic E-state index is 12.0. The topological polar surface area (TPSA) is 113 Å². The van der Waals surface area contributed by atoms with E-state index in [9.17, 15) is 4.79 Å². The van der Waals surface area contributed by atoms with Gasteiger partial charge in [-0.15, -0.1) is 0 Å². The monoisotopic (exact) mass is 565 g/mol. The molecule has 0 atom stereocenters. The second kappa shape index (κ2) is 11.7. The molecule has 1 aliphatic heterocycles. The van der Waals surface area contributed by atoms with Gasteiger partial charge in [0.1, 0.15) is 22.5 Å². The Labute approximate surface area is 237 Å². The van der Waals surface area contributed by atoms with Gasteiger partial charge in [-0.1, -0.05) is 18.1 Å². The number of methoxy groups -OCH3 is 1. The minimum Gasteiger partial charge on any atom is -0.496 e. The van der Waals surface area contributed by atoms with Crippen molar-refractivity contribution in [1.29, 1.82) is 0 Å².